The number of ketones is 2. The Hall–Kier alpha value is -3.59. The minimum absolute atomic E-state index is 0.0172. The lowest BCUT2D eigenvalue weighted by atomic mass is 9.84. The Bertz CT molecular complexity index is 1050. The maximum absolute atomic E-state index is 12.9. The highest BCUT2D eigenvalue weighted by atomic mass is 16.5. The topological polar surface area (TPSA) is 101 Å². The normalized spacial score (nSPS) is 18.5. The highest BCUT2D eigenvalue weighted by Crippen LogP contribution is 2.28. The summed E-state index contributed by atoms with van der Waals surface area (Å²) in [5.41, 5.74) is 1.91. The molecular weight excluding hydrogens is 432 g/mol. The average Bonchev–Trinajstić information content (AvgIpc) is 2.77. The molecule has 1 aliphatic rings. The molecule has 0 fully saturated rings. The molecule has 0 saturated carbocycles. The van der Waals surface area contributed by atoms with Crippen molar-refractivity contribution in [3.63, 3.8) is 0 Å². The highest BCUT2D eigenvalue weighted by molar-refractivity contribution is 6.20. The first-order valence-corrected chi connectivity index (χ1v) is 11.7. The van der Waals surface area contributed by atoms with E-state index in [1.54, 1.807) is 0 Å². The Morgan fingerprint density at radius 2 is 1.91 bits per heavy atom. The zero-order valence-corrected chi connectivity index (χ0v) is 19.4. The monoisotopic (exact) mass is 462 g/mol. The summed E-state index contributed by atoms with van der Waals surface area (Å²) in [6.07, 6.45) is 3.30. The van der Waals surface area contributed by atoms with E-state index >= 15 is 0 Å². The number of carboxylic acid groups (broad SMARTS) is 1. The Morgan fingerprint density at radius 3 is 2.62 bits per heavy atom. The molecule has 0 saturated heterocycles. The van der Waals surface area contributed by atoms with Crippen LogP contribution < -0.4 is 4.74 Å². The van der Waals surface area contributed by atoms with Crippen molar-refractivity contribution in [1.82, 2.24) is 0 Å². The molecular formula is C28H30O6. The average molecular weight is 463 g/mol. The molecule has 3 rings (SSSR count). The first-order chi connectivity index (χ1) is 16.3. The maximum atomic E-state index is 12.9. The lowest BCUT2D eigenvalue weighted by Crippen LogP contribution is -2.22. The molecule has 6 heteroatoms. The van der Waals surface area contributed by atoms with Crippen LogP contribution in [-0.4, -0.2) is 27.7 Å². The van der Waals surface area contributed by atoms with Gasteiger partial charge in [-0.05, 0) is 80.8 Å². The molecule has 1 atom stereocenters. The van der Waals surface area contributed by atoms with Crippen LogP contribution in [0.15, 0.2) is 47.7 Å². The summed E-state index contributed by atoms with van der Waals surface area (Å²) in [6, 6.07) is 17.6. The van der Waals surface area contributed by atoms with Gasteiger partial charge in [0.1, 0.15) is 11.5 Å². The molecule has 6 nitrogen and oxygen atoms in total. The van der Waals surface area contributed by atoms with Crippen LogP contribution in [0, 0.1) is 25.0 Å². The standard InChI is InChI=1S/C28H30O6/c1-19-6-4-8-23(16-19)34-22-14-12-20(13-15-22)17-21-7-5-10-25(30)28(26(31)18-21)24(29)9-2-3-11-27(32)33/h4,6,8,12,14,16,21,30H,2-3,5,7,9-11,17-18H2,1H3,(H,32,33)/b28-25+. The van der Waals surface area contributed by atoms with Crippen LogP contribution in [0.1, 0.15) is 62.5 Å². The van der Waals surface area contributed by atoms with E-state index in [9.17, 15) is 19.5 Å². The van der Waals surface area contributed by atoms with Crippen LogP contribution in [0.2, 0.25) is 0 Å². The number of carboxylic acids is 1. The van der Waals surface area contributed by atoms with E-state index in [2.05, 4.69) is 12.1 Å². The van der Waals surface area contributed by atoms with Gasteiger partial charge in [0.25, 0.3) is 0 Å². The Morgan fingerprint density at radius 1 is 1.12 bits per heavy atom. The van der Waals surface area contributed by atoms with Gasteiger partial charge in [0.2, 0.25) is 0 Å². The Kier molecular flexibility index (Phi) is 8.86. The van der Waals surface area contributed by atoms with Gasteiger partial charge in [0, 0.05) is 31.2 Å². The van der Waals surface area contributed by atoms with Crippen LogP contribution >= 0.6 is 0 Å². The molecule has 0 spiro atoms. The quantitative estimate of drug-likeness (QED) is 0.346. The van der Waals surface area contributed by atoms with E-state index in [1.807, 2.05) is 43.3 Å². The lowest BCUT2D eigenvalue weighted by Gasteiger charge is -2.20. The molecule has 178 valence electrons. The second-order valence-electron chi connectivity index (χ2n) is 8.83. The van der Waals surface area contributed by atoms with Gasteiger partial charge in [-0.15, -0.1) is 0 Å². The molecule has 1 unspecified atom stereocenters. The highest BCUT2D eigenvalue weighted by Gasteiger charge is 2.27. The van der Waals surface area contributed by atoms with Crippen molar-refractivity contribution in [3.8, 4) is 11.5 Å². The number of aliphatic hydroxyl groups excluding tert-OH is 1. The number of allylic oxidation sites excluding steroid dienone is 2. The summed E-state index contributed by atoms with van der Waals surface area (Å²) in [6.45, 7) is 2.00. The van der Waals surface area contributed by atoms with Gasteiger partial charge in [-0.1, -0.05) is 18.2 Å². The molecule has 0 amide bonds. The maximum Gasteiger partial charge on any atom is 0.303 e. The van der Waals surface area contributed by atoms with Crippen molar-refractivity contribution in [2.45, 2.75) is 64.7 Å². The summed E-state index contributed by atoms with van der Waals surface area (Å²) in [7, 11) is 0. The van der Waals surface area contributed by atoms with Crippen LogP contribution in [0.3, 0.4) is 0 Å². The van der Waals surface area contributed by atoms with Gasteiger partial charge < -0.3 is 14.9 Å². The number of ether oxygens (including phenoxy) is 1. The molecule has 2 aromatic carbocycles. The second-order valence-corrected chi connectivity index (χ2v) is 8.83. The Labute approximate surface area is 200 Å². The molecule has 2 aromatic rings. The van der Waals surface area contributed by atoms with Crippen molar-refractivity contribution < 1.29 is 29.3 Å². The third kappa shape index (κ3) is 7.48. The Balaban J connectivity index is 1.58. The van der Waals surface area contributed by atoms with Crippen LogP contribution in [0.4, 0.5) is 0 Å². The number of rotatable bonds is 10. The number of aliphatic carboxylic acids is 1. The third-order valence-electron chi connectivity index (χ3n) is 5.90. The van der Waals surface area contributed by atoms with Gasteiger partial charge in [-0.3, -0.25) is 14.4 Å². The van der Waals surface area contributed by atoms with E-state index < -0.39 is 11.8 Å². The van der Waals surface area contributed by atoms with Crippen LogP contribution in [-0.2, 0) is 20.8 Å². The number of benzene rings is 1. The van der Waals surface area contributed by atoms with Gasteiger partial charge in [0.05, 0.1) is 5.57 Å². The predicted octanol–water partition coefficient (Wildman–Crippen LogP) is 5.72. The molecule has 1 aliphatic carbocycles. The minimum atomic E-state index is -0.914. The minimum Gasteiger partial charge on any atom is -0.511 e. The zero-order valence-electron chi connectivity index (χ0n) is 19.4. The summed E-state index contributed by atoms with van der Waals surface area (Å²) < 4.78 is 5.82. The number of hydrogen-bond donors (Lipinski definition) is 2. The van der Waals surface area contributed by atoms with E-state index in [0.29, 0.717) is 31.4 Å². The third-order valence-corrected chi connectivity index (χ3v) is 5.90. The molecule has 0 aromatic heterocycles. The number of hydrogen-bond acceptors (Lipinski definition) is 5. The molecule has 0 bridgehead atoms. The number of aliphatic hydroxyl groups is 1. The molecule has 34 heavy (non-hydrogen) atoms. The SMILES string of the molecule is Cc1cccc(Oc2c#cc(CC3CCC/C(O)=C(/C(=O)CCCCC(=O)O)C(=O)C3)cc2)c1. The summed E-state index contributed by atoms with van der Waals surface area (Å²) in [4.78, 5) is 36.1. The van der Waals surface area contributed by atoms with Crippen molar-refractivity contribution in [1.29, 1.82) is 0 Å². The smallest absolute Gasteiger partial charge is 0.303 e. The second kappa shape index (κ2) is 12.0. The number of aryl methyl sites for hydroxylation is 1. The van der Waals surface area contributed by atoms with E-state index in [-0.39, 0.29) is 48.7 Å². The molecule has 0 radical (unpaired) electrons. The van der Waals surface area contributed by atoms with E-state index in [1.165, 1.54) is 0 Å². The van der Waals surface area contributed by atoms with Gasteiger partial charge in [-0.2, -0.15) is 0 Å². The largest absolute Gasteiger partial charge is 0.511 e. The number of unbranched alkanes of at least 4 members (excludes halogenated alkanes) is 1. The van der Waals surface area contributed by atoms with Gasteiger partial charge in [0.15, 0.2) is 17.3 Å². The van der Waals surface area contributed by atoms with E-state index in [0.717, 1.165) is 23.3 Å². The molecule has 0 heterocycles. The fraction of sp³-hybridized carbons (Fsp3) is 0.393. The first kappa shape index (κ1) is 25.0. The van der Waals surface area contributed by atoms with Crippen LogP contribution in [0.5, 0.6) is 11.5 Å². The first-order valence-electron chi connectivity index (χ1n) is 11.7. The zero-order chi connectivity index (χ0) is 24.5. The number of carbonyl (C=O) groups is 3. The number of carbonyl (C=O) groups excluding carboxylic acids is 2. The van der Waals surface area contributed by atoms with Crippen molar-refractivity contribution >= 4 is 17.5 Å². The van der Waals surface area contributed by atoms with Gasteiger partial charge >= 0.3 is 5.97 Å². The fourth-order valence-electron chi connectivity index (χ4n) is 4.18. The van der Waals surface area contributed by atoms with Gasteiger partial charge in [-0.25, -0.2) is 0 Å². The fourth-order valence-corrected chi connectivity index (χ4v) is 4.18. The van der Waals surface area contributed by atoms with Crippen LogP contribution in [0.25, 0.3) is 0 Å². The number of Topliss-reactive ketones (excluding diaryl/α,β-unsaturated/α-hetero) is 2. The predicted molar refractivity (Wildman–Crippen MR) is 127 cm³/mol. The summed E-state index contributed by atoms with van der Waals surface area (Å²) in [5.74, 6) is -0.461. The van der Waals surface area contributed by atoms with E-state index in [4.69, 9.17) is 9.84 Å². The molecule has 2 N–H and O–H groups in total. The summed E-state index contributed by atoms with van der Waals surface area (Å²) >= 11 is 0. The van der Waals surface area contributed by atoms with Crippen molar-refractivity contribution in [2.75, 3.05) is 0 Å². The summed E-state index contributed by atoms with van der Waals surface area (Å²) in [5, 5.41) is 19.0. The lowest BCUT2D eigenvalue weighted by molar-refractivity contribution is -0.137. The van der Waals surface area contributed by atoms with Crippen molar-refractivity contribution in [3.05, 3.63) is 71.0 Å². The molecule has 0 aliphatic heterocycles. The van der Waals surface area contributed by atoms with Crippen molar-refractivity contribution in [2.24, 2.45) is 5.92 Å².